The number of benzene rings is 2. The van der Waals surface area contributed by atoms with Crippen LogP contribution in [0.25, 0.3) is 11.1 Å². The predicted molar refractivity (Wildman–Crippen MR) is 85.2 cm³/mol. The topological polar surface area (TPSA) is 55.4 Å². The molecule has 1 atom stereocenters. The summed E-state index contributed by atoms with van der Waals surface area (Å²) in [6, 6.07) is 17.3. The summed E-state index contributed by atoms with van der Waals surface area (Å²) in [5.74, 6) is -0.696. The van der Waals surface area contributed by atoms with Gasteiger partial charge < -0.3 is 10.1 Å². The van der Waals surface area contributed by atoms with E-state index in [2.05, 4.69) is 5.32 Å². The smallest absolute Gasteiger partial charge is 0.328 e. The van der Waals surface area contributed by atoms with Crippen LogP contribution in [0.15, 0.2) is 54.6 Å². The van der Waals surface area contributed by atoms with Crippen LogP contribution in [0.1, 0.15) is 12.5 Å². The molecule has 0 aliphatic carbocycles. The van der Waals surface area contributed by atoms with Gasteiger partial charge in [-0.25, -0.2) is 4.79 Å². The molecule has 2 aromatic carbocycles. The molecule has 0 aliphatic rings. The highest BCUT2D eigenvalue weighted by Crippen LogP contribution is 2.19. The standard InChI is InChI=1S/C18H19NO3/c1-13(20)19-17(18(21)22-2)12-14-8-10-16(11-9-14)15-6-4-3-5-7-15/h3-11,17H,12H2,1-2H3,(H,19,20)/t17-/m1/s1. The third kappa shape index (κ3) is 4.19. The van der Waals surface area contributed by atoms with Crippen LogP contribution in [-0.2, 0) is 20.7 Å². The van der Waals surface area contributed by atoms with E-state index < -0.39 is 12.0 Å². The molecule has 114 valence electrons. The molecule has 1 N–H and O–H groups in total. The number of carbonyl (C=O) groups excluding carboxylic acids is 2. The number of ether oxygens (including phenoxy) is 1. The Morgan fingerprint density at radius 1 is 1.00 bits per heavy atom. The van der Waals surface area contributed by atoms with E-state index in [1.54, 1.807) is 0 Å². The first-order chi connectivity index (χ1) is 10.6. The summed E-state index contributed by atoms with van der Waals surface area (Å²) in [6.45, 7) is 1.38. The summed E-state index contributed by atoms with van der Waals surface area (Å²) in [6.07, 6.45) is 0.404. The van der Waals surface area contributed by atoms with Crippen molar-refractivity contribution in [1.82, 2.24) is 5.32 Å². The summed E-state index contributed by atoms with van der Waals surface area (Å²) in [4.78, 5) is 22.9. The van der Waals surface area contributed by atoms with E-state index in [-0.39, 0.29) is 5.91 Å². The van der Waals surface area contributed by atoms with Crippen molar-refractivity contribution in [3.05, 3.63) is 60.2 Å². The average molecular weight is 297 g/mol. The fourth-order valence-corrected chi connectivity index (χ4v) is 2.28. The molecular formula is C18H19NO3. The summed E-state index contributed by atoms with van der Waals surface area (Å²) >= 11 is 0. The molecule has 4 heteroatoms. The van der Waals surface area contributed by atoms with Gasteiger partial charge >= 0.3 is 5.97 Å². The summed E-state index contributed by atoms with van der Waals surface area (Å²) < 4.78 is 4.72. The zero-order valence-electron chi connectivity index (χ0n) is 12.7. The van der Waals surface area contributed by atoms with Crippen molar-refractivity contribution in [2.24, 2.45) is 0 Å². The fraction of sp³-hybridized carbons (Fsp3) is 0.222. The van der Waals surface area contributed by atoms with Crippen molar-refractivity contribution in [2.45, 2.75) is 19.4 Å². The molecule has 0 saturated heterocycles. The molecule has 4 nitrogen and oxygen atoms in total. The van der Waals surface area contributed by atoms with Gasteiger partial charge in [0.15, 0.2) is 0 Å². The lowest BCUT2D eigenvalue weighted by molar-refractivity contribution is -0.144. The van der Waals surface area contributed by atoms with E-state index >= 15 is 0 Å². The van der Waals surface area contributed by atoms with Gasteiger partial charge in [-0.2, -0.15) is 0 Å². The zero-order valence-corrected chi connectivity index (χ0v) is 12.7. The Hall–Kier alpha value is -2.62. The highest BCUT2D eigenvalue weighted by Gasteiger charge is 2.20. The second-order valence-corrected chi connectivity index (χ2v) is 5.04. The van der Waals surface area contributed by atoms with Crippen LogP contribution < -0.4 is 5.32 Å². The van der Waals surface area contributed by atoms with Crippen molar-refractivity contribution < 1.29 is 14.3 Å². The second-order valence-electron chi connectivity index (χ2n) is 5.04. The molecule has 2 aromatic rings. The van der Waals surface area contributed by atoms with Gasteiger partial charge in [0.05, 0.1) is 7.11 Å². The number of hydrogen-bond donors (Lipinski definition) is 1. The lowest BCUT2D eigenvalue weighted by Crippen LogP contribution is -2.41. The first kappa shape index (κ1) is 15.8. The number of nitrogens with one attached hydrogen (secondary N) is 1. The Bertz CT molecular complexity index is 635. The van der Waals surface area contributed by atoms with Gasteiger partial charge in [-0.15, -0.1) is 0 Å². The fourth-order valence-electron chi connectivity index (χ4n) is 2.28. The first-order valence-electron chi connectivity index (χ1n) is 7.09. The van der Waals surface area contributed by atoms with Crippen molar-refractivity contribution in [2.75, 3.05) is 7.11 Å². The number of carbonyl (C=O) groups is 2. The van der Waals surface area contributed by atoms with Gasteiger partial charge in [0.1, 0.15) is 6.04 Å². The molecular weight excluding hydrogens is 278 g/mol. The van der Waals surface area contributed by atoms with Crippen LogP contribution in [-0.4, -0.2) is 25.0 Å². The van der Waals surface area contributed by atoms with E-state index in [1.807, 2.05) is 54.6 Å². The average Bonchev–Trinajstić information content (AvgIpc) is 2.54. The zero-order chi connectivity index (χ0) is 15.9. The molecule has 1 amide bonds. The minimum atomic E-state index is -0.662. The highest BCUT2D eigenvalue weighted by atomic mass is 16.5. The quantitative estimate of drug-likeness (QED) is 0.863. The molecule has 22 heavy (non-hydrogen) atoms. The lowest BCUT2D eigenvalue weighted by atomic mass is 10.0. The van der Waals surface area contributed by atoms with Gasteiger partial charge in [-0.05, 0) is 16.7 Å². The number of amides is 1. The summed E-state index contributed by atoms with van der Waals surface area (Å²) in [7, 11) is 1.32. The van der Waals surface area contributed by atoms with Crippen LogP contribution in [0.5, 0.6) is 0 Å². The van der Waals surface area contributed by atoms with Gasteiger partial charge in [0, 0.05) is 13.3 Å². The summed E-state index contributed by atoms with van der Waals surface area (Å²) in [5.41, 5.74) is 3.21. The first-order valence-corrected chi connectivity index (χ1v) is 7.09. The monoisotopic (exact) mass is 297 g/mol. The number of rotatable bonds is 5. The Morgan fingerprint density at radius 2 is 1.59 bits per heavy atom. The van der Waals surface area contributed by atoms with E-state index in [0.29, 0.717) is 6.42 Å². The maximum Gasteiger partial charge on any atom is 0.328 e. The van der Waals surface area contributed by atoms with E-state index in [4.69, 9.17) is 4.74 Å². The highest BCUT2D eigenvalue weighted by molar-refractivity contribution is 5.83. The lowest BCUT2D eigenvalue weighted by Gasteiger charge is -2.15. The number of esters is 1. The van der Waals surface area contributed by atoms with Gasteiger partial charge in [0.25, 0.3) is 0 Å². The molecule has 0 fully saturated rings. The Balaban J connectivity index is 2.12. The number of hydrogen-bond acceptors (Lipinski definition) is 3. The van der Waals surface area contributed by atoms with Crippen LogP contribution in [0.3, 0.4) is 0 Å². The molecule has 0 radical (unpaired) electrons. The van der Waals surface area contributed by atoms with Gasteiger partial charge in [-0.1, -0.05) is 54.6 Å². The molecule has 0 saturated carbocycles. The van der Waals surface area contributed by atoms with Crippen molar-refractivity contribution in [1.29, 1.82) is 0 Å². The summed E-state index contributed by atoms with van der Waals surface area (Å²) in [5, 5.41) is 2.61. The van der Waals surface area contributed by atoms with E-state index in [9.17, 15) is 9.59 Å². The number of methoxy groups -OCH3 is 1. The minimum absolute atomic E-state index is 0.253. The maximum absolute atomic E-state index is 11.7. The van der Waals surface area contributed by atoms with Gasteiger partial charge in [0.2, 0.25) is 5.91 Å². The van der Waals surface area contributed by atoms with E-state index in [1.165, 1.54) is 14.0 Å². The largest absolute Gasteiger partial charge is 0.467 e. The minimum Gasteiger partial charge on any atom is -0.467 e. The third-order valence-corrected chi connectivity index (χ3v) is 3.36. The third-order valence-electron chi connectivity index (χ3n) is 3.36. The van der Waals surface area contributed by atoms with Crippen LogP contribution >= 0.6 is 0 Å². The molecule has 0 bridgehead atoms. The van der Waals surface area contributed by atoms with Crippen molar-refractivity contribution in [3.8, 4) is 11.1 Å². The SMILES string of the molecule is COC(=O)[C@@H](Cc1ccc(-c2ccccc2)cc1)NC(C)=O. The molecule has 0 aromatic heterocycles. The van der Waals surface area contributed by atoms with Crippen LogP contribution in [0, 0.1) is 0 Å². The Morgan fingerprint density at radius 3 is 2.14 bits per heavy atom. The predicted octanol–water partition coefficient (Wildman–Crippen LogP) is 2.57. The van der Waals surface area contributed by atoms with Crippen LogP contribution in [0.2, 0.25) is 0 Å². The van der Waals surface area contributed by atoms with Crippen molar-refractivity contribution in [3.63, 3.8) is 0 Å². The second kappa shape index (κ2) is 7.41. The van der Waals surface area contributed by atoms with E-state index in [0.717, 1.165) is 16.7 Å². The Kier molecular flexibility index (Phi) is 5.31. The molecule has 2 rings (SSSR count). The molecule has 0 aliphatic heterocycles. The maximum atomic E-state index is 11.7. The van der Waals surface area contributed by atoms with Gasteiger partial charge in [-0.3, -0.25) is 4.79 Å². The van der Waals surface area contributed by atoms with Crippen LogP contribution in [0.4, 0.5) is 0 Å². The van der Waals surface area contributed by atoms with Crippen molar-refractivity contribution >= 4 is 11.9 Å². The molecule has 0 heterocycles. The molecule has 0 spiro atoms. The molecule has 0 unspecified atom stereocenters. The normalized spacial score (nSPS) is 11.5. The Labute approximate surface area is 130 Å².